The van der Waals surface area contributed by atoms with Crippen molar-refractivity contribution in [2.75, 3.05) is 11.1 Å². The second kappa shape index (κ2) is 7.68. The van der Waals surface area contributed by atoms with Gasteiger partial charge in [-0.2, -0.15) is 0 Å². The van der Waals surface area contributed by atoms with Crippen LogP contribution in [-0.2, 0) is 21.4 Å². The minimum absolute atomic E-state index is 0.0398. The molecule has 26 heavy (non-hydrogen) atoms. The predicted octanol–water partition coefficient (Wildman–Crippen LogP) is 0.693. The highest BCUT2D eigenvalue weighted by Crippen LogP contribution is 2.17. The number of primary sulfonamides is 1. The fourth-order valence-electron chi connectivity index (χ4n) is 2.03. The van der Waals surface area contributed by atoms with Crippen LogP contribution in [-0.4, -0.2) is 40.3 Å². The quantitative estimate of drug-likeness (QED) is 0.557. The van der Waals surface area contributed by atoms with E-state index in [4.69, 9.17) is 9.56 Å². The summed E-state index contributed by atoms with van der Waals surface area (Å²) in [7, 11) is -3.83. The van der Waals surface area contributed by atoms with Crippen LogP contribution >= 0.6 is 11.8 Å². The molecule has 0 spiro atoms. The first-order chi connectivity index (χ1) is 12.4. The highest BCUT2D eigenvalue weighted by atomic mass is 32.2. The van der Waals surface area contributed by atoms with Crippen molar-refractivity contribution in [1.29, 1.82) is 0 Å². The largest absolute Gasteiger partial charge is 0.467 e. The van der Waals surface area contributed by atoms with Crippen LogP contribution in [0.3, 0.4) is 0 Å². The van der Waals surface area contributed by atoms with Gasteiger partial charge < -0.3 is 9.73 Å². The molecule has 0 fully saturated rings. The molecule has 3 aromatic rings. The fourth-order valence-corrected chi connectivity index (χ4v) is 3.26. The lowest BCUT2D eigenvalue weighted by Gasteiger charge is -2.06. The molecule has 2 heterocycles. The summed E-state index contributed by atoms with van der Waals surface area (Å²) in [4.78, 5) is 12.0. The normalized spacial score (nSPS) is 11.4. The molecule has 3 N–H and O–H groups in total. The van der Waals surface area contributed by atoms with E-state index in [1.807, 2.05) is 0 Å². The molecule has 0 unspecified atom stereocenters. The van der Waals surface area contributed by atoms with Gasteiger partial charge in [-0.15, -0.1) is 5.10 Å². The number of nitrogens with zero attached hydrogens (tertiary/aromatic N) is 4. The first-order valence-corrected chi connectivity index (χ1v) is 9.79. The lowest BCUT2D eigenvalue weighted by atomic mass is 10.3. The smallest absolute Gasteiger partial charge is 0.238 e. The molecule has 1 amide bonds. The van der Waals surface area contributed by atoms with E-state index in [1.165, 1.54) is 22.9 Å². The number of hydrogen-bond donors (Lipinski definition) is 2. The van der Waals surface area contributed by atoms with E-state index < -0.39 is 10.0 Å². The van der Waals surface area contributed by atoms with Crippen LogP contribution < -0.4 is 10.5 Å². The van der Waals surface area contributed by atoms with Crippen molar-refractivity contribution in [3.63, 3.8) is 0 Å². The number of amides is 1. The Morgan fingerprint density at radius 1 is 1.31 bits per heavy atom. The highest BCUT2D eigenvalue weighted by molar-refractivity contribution is 7.99. The second-order valence-electron chi connectivity index (χ2n) is 5.11. The van der Waals surface area contributed by atoms with Crippen molar-refractivity contribution in [3.8, 4) is 0 Å². The molecule has 3 rings (SSSR count). The van der Waals surface area contributed by atoms with Crippen LogP contribution in [0, 0.1) is 0 Å². The van der Waals surface area contributed by atoms with Gasteiger partial charge in [0, 0.05) is 5.69 Å². The third-order valence-corrected chi connectivity index (χ3v) is 5.03. The summed E-state index contributed by atoms with van der Waals surface area (Å²) in [5.41, 5.74) is 0.331. The van der Waals surface area contributed by atoms with Crippen molar-refractivity contribution in [2.45, 2.75) is 16.6 Å². The van der Waals surface area contributed by atoms with E-state index in [-0.39, 0.29) is 16.6 Å². The molecular weight excluding hydrogens is 380 g/mol. The second-order valence-corrected chi connectivity index (χ2v) is 7.61. The summed E-state index contributed by atoms with van der Waals surface area (Å²) in [5, 5.41) is 19.4. The Balaban J connectivity index is 1.59. The molecule has 2 aromatic heterocycles. The summed E-state index contributed by atoms with van der Waals surface area (Å²) in [5.74, 6) is 0.385. The zero-order valence-corrected chi connectivity index (χ0v) is 14.9. The Kier molecular flexibility index (Phi) is 5.35. The zero-order chi connectivity index (χ0) is 18.6. The molecule has 1 aromatic carbocycles. The van der Waals surface area contributed by atoms with Gasteiger partial charge in [-0.25, -0.2) is 18.2 Å². The average Bonchev–Trinajstić information content (AvgIpc) is 3.25. The summed E-state index contributed by atoms with van der Waals surface area (Å²) in [6, 6.07) is 9.25. The molecule has 0 saturated heterocycles. The molecule has 0 bridgehead atoms. The zero-order valence-electron chi connectivity index (χ0n) is 13.3. The molecule has 12 heteroatoms. The molecule has 0 radical (unpaired) electrons. The number of rotatable bonds is 7. The Bertz CT molecular complexity index is 1000. The van der Waals surface area contributed by atoms with Gasteiger partial charge >= 0.3 is 0 Å². The number of sulfonamides is 1. The number of nitrogens with one attached hydrogen (secondary N) is 1. The standard InChI is InChI=1S/C14H14N6O4S2/c15-26(22,23)12-5-1-3-10(7-12)16-13(21)9-25-14-17-18-19-20(14)8-11-4-2-6-24-11/h1-7H,8-9H2,(H,16,21)(H2,15,22,23). The van der Waals surface area contributed by atoms with Gasteiger partial charge in [-0.3, -0.25) is 4.79 Å². The number of carbonyl (C=O) groups is 1. The Labute approximate surface area is 152 Å². The Morgan fingerprint density at radius 3 is 2.88 bits per heavy atom. The van der Waals surface area contributed by atoms with E-state index in [9.17, 15) is 13.2 Å². The molecule has 0 aliphatic heterocycles. The van der Waals surface area contributed by atoms with Crippen molar-refractivity contribution < 1.29 is 17.6 Å². The van der Waals surface area contributed by atoms with E-state index in [0.29, 0.717) is 23.1 Å². The lowest BCUT2D eigenvalue weighted by Crippen LogP contribution is -2.16. The molecule has 10 nitrogen and oxygen atoms in total. The maximum atomic E-state index is 12.1. The van der Waals surface area contributed by atoms with Gasteiger partial charge in [0.2, 0.25) is 21.1 Å². The fraction of sp³-hybridized carbons (Fsp3) is 0.143. The number of aromatic nitrogens is 4. The molecule has 0 saturated carbocycles. The first kappa shape index (κ1) is 18.1. The number of hydrogen-bond acceptors (Lipinski definition) is 8. The monoisotopic (exact) mass is 394 g/mol. The maximum absolute atomic E-state index is 12.1. The predicted molar refractivity (Wildman–Crippen MR) is 92.8 cm³/mol. The summed E-state index contributed by atoms with van der Waals surface area (Å²) in [6.07, 6.45) is 1.55. The number of benzene rings is 1. The van der Waals surface area contributed by atoms with Crippen LogP contribution in [0.4, 0.5) is 5.69 Å². The minimum Gasteiger partial charge on any atom is -0.467 e. The van der Waals surface area contributed by atoms with Gasteiger partial charge in [0.25, 0.3) is 0 Å². The highest BCUT2D eigenvalue weighted by Gasteiger charge is 2.13. The first-order valence-electron chi connectivity index (χ1n) is 7.26. The van der Waals surface area contributed by atoms with E-state index in [0.717, 1.165) is 11.8 Å². The Morgan fingerprint density at radius 2 is 2.15 bits per heavy atom. The van der Waals surface area contributed by atoms with Gasteiger partial charge in [0.1, 0.15) is 12.3 Å². The number of furan rings is 1. The van der Waals surface area contributed by atoms with Crippen LogP contribution in [0.5, 0.6) is 0 Å². The van der Waals surface area contributed by atoms with Crippen LogP contribution in [0.25, 0.3) is 0 Å². The van der Waals surface area contributed by atoms with Gasteiger partial charge in [0.05, 0.1) is 16.9 Å². The summed E-state index contributed by atoms with van der Waals surface area (Å²) in [6.45, 7) is 0.348. The summed E-state index contributed by atoms with van der Waals surface area (Å²) < 4.78 is 29.4. The third-order valence-electron chi connectivity index (χ3n) is 3.16. The number of thioether (sulfide) groups is 1. The molecule has 136 valence electrons. The average molecular weight is 394 g/mol. The molecule has 0 aliphatic rings. The van der Waals surface area contributed by atoms with Crippen LogP contribution in [0.1, 0.15) is 5.76 Å². The molecule has 0 aliphatic carbocycles. The van der Waals surface area contributed by atoms with Crippen LogP contribution in [0.15, 0.2) is 57.1 Å². The third kappa shape index (κ3) is 4.68. The lowest BCUT2D eigenvalue weighted by molar-refractivity contribution is -0.113. The van der Waals surface area contributed by atoms with Crippen molar-refractivity contribution >= 4 is 33.4 Å². The van der Waals surface area contributed by atoms with E-state index in [1.54, 1.807) is 24.5 Å². The van der Waals surface area contributed by atoms with E-state index in [2.05, 4.69) is 20.8 Å². The number of nitrogens with two attached hydrogens (primary N) is 1. The topological polar surface area (TPSA) is 146 Å². The van der Waals surface area contributed by atoms with Gasteiger partial charge in [0.15, 0.2) is 0 Å². The van der Waals surface area contributed by atoms with Crippen molar-refractivity contribution in [3.05, 3.63) is 48.4 Å². The minimum atomic E-state index is -3.83. The van der Waals surface area contributed by atoms with Crippen molar-refractivity contribution in [2.24, 2.45) is 5.14 Å². The maximum Gasteiger partial charge on any atom is 0.238 e. The summed E-state index contributed by atoms with van der Waals surface area (Å²) >= 11 is 1.14. The van der Waals surface area contributed by atoms with Crippen molar-refractivity contribution in [1.82, 2.24) is 20.2 Å². The van der Waals surface area contributed by atoms with Crippen LogP contribution in [0.2, 0.25) is 0 Å². The van der Waals surface area contributed by atoms with Gasteiger partial charge in [-0.05, 0) is 40.8 Å². The molecule has 0 atom stereocenters. The number of anilines is 1. The number of carbonyl (C=O) groups excluding carboxylic acids is 1. The van der Waals surface area contributed by atoms with E-state index >= 15 is 0 Å². The number of tetrazole rings is 1. The molecular formula is C14H14N6O4S2. The van der Waals surface area contributed by atoms with Gasteiger partial charge in [-0.1, -0.05) is 17.8 Å². The Hall–Kier alpha value is -2.70. The SMILES string of the molecule is NS(=O)(=O)c1cccc(NC(=O)CSc2nnnn2Cc2ccco2)c1.